The molecule has 0 N–H and O–H groups in total. The highest BCUT2D eigenvalue weighted by atomic mass is 35.5. The van der Waals surface area contributed by atoms with Crippen molar-refractivity contribution in [1.82, 2.24) is 19.5 Å². The fourth-order valence-corrected chi connectivity index (χ4v) is 8.08. The van der Waals surface area contributed by atoms with Crippen LogP contribution < -0.4 is 0 Å². The monoisotopic (exact) mass is 698 g/mol. The first kappa shape index (κ1) is 29.9. The molecule has 0 atom stereocenters. The van der Waals surface area contributed by atoms with E-state index in [1.165, 1.54) is 0 Å². The van der Waals surface area contributed by atoms with E-state index in [0.717, 1.165) is 87.7 Å². The largest absolute Gasteiger partial charge is 0.456 e. The molecule has 53 heavy (non-hydrogen) atoms. The van der Waals surface area contributed by atoms with E-state index in [1.807, 2.05) is 42.5 Å². The third kappa shape index (κ3) is 4.68. The maximum atomic E-state index is 6.58. The van der Waals surface area contributed by atoms with Crippen LogP contribution >= 0.6 is 11.6 Å². The second-order valence-electron chi connectivity index (χ2n) is 13.3. The number of para-hydroxylation sites is 3. The molecule has 0 aliphatic carbocycles. The van der Waals surface area contributed by atoms with Crippen LogP contribution in [0.3, 0.4) is 0 Å². The molecular formula is C47H27ClN4O. The van der Waals surface area contributed by atoms with Gasteiger partial charge in [0.1, 0.15) is 11.2 Å². The summed E-state index contributed by atoms with van der Waals surface area (Å²) in [6.45, 7) is 0. The van der Waals surface area contributed by atoms with Crippen LogP contribution in [0.15, 0.2) is 168 Å². The summed E-state index contributed by atoms with van der Waals surface area (Å²) in [6, 6.07) is 56.3. The highest BCUT2D eigenvalue weighted by Crippen LogP contribution is 2.42. The van der Waals surface area contributed by atoms with Crippen LogP contribution in [0.1, 0.15) is 0 Å². The van der Waals surface area contributed by atoms with Crippen molar-refractivity contribution in [2.24, 2.45) is 0 Å². The van der Waals surface area contributed by atoms with E-state index < -0.39 is 0 Å². The van der Waals surface area contributed by atoms with Gasteiger partial charge in [0.15, 0.2) is 17.5 Å². The molecule has 0 aliphatic rings. The van der Waals surface area contributed by atoms with Crippen molar-refractivity contribution >= 4 is 76.9 Å². The Morgan fingerprint density at radius 3 is 2.04 bits per heavy atom. The molecule has 0 unspecified atom stereocenters. The van der Waals surface area contributed by atoms with Crippen molar-refractivity contribution in [1.29, 1.82) is 0 Å². The number of hydrogen-bond acceptors (Lipinski definition) is 4. The average Bonchev–Trinajstić information content (AvgIpc) is 3.77. The molecule has 0 fully saturated rings. The SMILES string of the molecule is Clc1ccc2ccc3oc4cccc(-c5nc(-c6ccc7ccccc7c6)nc(-c6cccc7c8ccccc8n(-c8ccccc8)c67)n5)c4c3c2c1. The zero-order valence-electron chi connectivity index (χ0n) is 28.2. The standard InChI is InChI=1S/C47H27ClN4O/c48-32-24-22-29-23-25-41-43(38(29)27-32)42-36(16-9-19-40(42)53-41)46-49-45(31-21-20-28-10-4-5-11-30(28)26-31)50-47(51-46)37-17-8-15-35-34-14-6-7-18-39(34)52(44(35)37)33-12-2-1-3-13-33/h1-27H. The molecular weight excluding hydrogens is 672 g/mol. The summed E-state index contributed by atoms with van der Waals surface area (Å²) in [6.07, 6.45) is 0. The van der Waals surface area contributed by atoms with E-state index in [2.05, 4.69) is 126 Å². The van der Waals surface area contributed by atoms with Gasteiger partial charge in [-0.05, 0) is 76.1 Å². The maximum absolute atomic E-state index is 6.58. The Labute approximate surface area is 308 Å². The van der Waals surface area contributed by atoms with E-state index >= 15 is 0 Å². The Morgan fingerprint density at radius 1 is 0.453 bits per heavy atom. The second-order valence-corrected chi connectivity index (χ2v) is 13.8. The normalized spacial score (nSPS) is 11.9. The molecule has 0 aliphatic heterocycles. The van der Waals surface area contributed by atoms with Crippen LogP contribution in [-0.2, 0) is 0 Å². The van der Waals surface area contributed by atoms with Crippen molar-refractivity contribution in [3.05, 3.63) is 169 Å². The predicted octanol–water partition coefficient (Wildman–Crippen LogP) is 12.8. The van der Waals surface area contributed by atoms with Gasteiger partial charge in [0.05, 0.1) is 11.0 Å². The molecule has 0 saturated heterocycles. The van der Waals surface area contributed by atoms with Crippen molar-refractivity contribution in [3.63, 3.8) is 0 Å². The smallest absolute Gasteiger partial charge is 0.166 e. The van der Waals surface area contributed by atoms with Crippen LogP contribution in [0.2, 0.25) is 5.02 Å². The first-order chi connectivity index (χ1) is 26.2. The number of benzene rings is 8. The first-order valence-electron chi connectivity index (χ1n) is 17.5. The van der Waals surface area contributed by atoms with Gasteiger partial charge in [-0.1, -0.05) is 121 Å². The van der Waals surface area contributed by atoms with Gasteiger partial charge in [0.2, 0.25) is 0 Å². The van der Waals surface area contributed by atoms with Gasteiger partial charge in [0, 0.05) is 48.9 Å². The fourth-order valence-electron chi connectivity index (χ4n) is 7.91. The third-order valence-corrected chi connectivity index (χ3v) is 10.5. The van der Waals surface area contributed by atoms with Gasteiger partial charge in [-0.3, -0.25) is 0 Å². The summed E-state index contributed by atoms with van der Waals surface area (Å²) in [5, 5.41) is 9.24. The van der Waals surface area contributed by atoms with Crippen LogP contribution in [0.25, 0.3) is 105 Å². The lowest BCUT2D eigenvalue weighted by Crippen LogP contribution is -2.02. The van der Waals surface area contributed by atoms with E-state index in [4.69, 9.17) is 31.0 Å². The molecule has 6 heteroatoms. The summed E-state index contributed by atoms with van der Waals surface area (Å²) in [4.78, 5) is 15.9. The Bertz CT molecular complexity index is 3250. The van der Waals surface area contributed by atoms with Gasteiger partial charge in [-0.15, -0.1) is 0 Å². The number of rotatable bonds is 4. The highest BCUT2D eigenvalue weighted by molar-refractivity contribution is 6.32. The number of halogens is 1. The van der Waals surface area contributed by atoms with E-state index in [9.17, 15) is 0 Å². The lowest BCUT2D eigenvalue weighted by atomic mass is 10.00. The van der Waals surface area contributed by atoms with Gasteiger partial charge in [-0.2, -0.15) is 0 Å². The molecule has 5 nitrogen and oxygen atoms in total. The van der Waals surface area contributed by atoms with E-state index in [1.54, 1.807) is 0 Å². The predicted molar refractivity (Wildman–Crippen MR) is 218 cm³/mol. The van der Waals surface area contributed by atoms with Crippen molar-refractivity contribution in [3.8, 4) is 39.9 Å². The summed E-state index contributed by atoms with van der Waals surface area (Å²) >= 11 is 6.58. The Hall–Kier alpha value is -6.82. The van der Waals surface area contributed by atoms with Crippen LogP contribution in [0.5, 0.6) is 0 Å². The van der Waals surface area contributed by atoms with Crippen LogP contribution in [0, 0.1) is 0 Å². The Balaban J connectivity index is 1.25. The lowest BCUT2D eigenvalue weighted by Gasteiger charge is -2.13. The molecule has 8 aromatic carbocycles. The first-order valence-corrected chi connectivity index (χ1v) is 17.9. The molecule has 0 radical (unpaired) electrons. The number of aromatic nitrogens is 4. The summed E-state index contributed by atoms with van der Waals surface area (Å²) in [7, 11) is 0. The van der Waals surface area contributed by atoms with Gasteiger partial charge in [-0.25, -0.2) is 15.0 Å². The summed E-state index contributed by atoms with van der Waals surface area (Å²) in [5.74, 6) is 1.74. The number of fused-ring (bicyclic) bond motifs is 9. The quantitative estimate of drug-likeness (QED) is 0.184. The third-order valence-electron chi connectivity index (χ3n) is 10.3. The van der Waals surface area contributed by atoms with Gasteiger partial charge in [0.25, 0.3) is 0 Å². The lowest BCUT2D eigenvalue weighted by molar-refractivity contribution is 0.669. The van der Waals surface area contributed by atoms with Gasteiger partial charge < -0.3 is 8.98 Å². The highest BCUT2D eigenvalue weighted by Gasteiger charge is 2.22. The Kier molecular flexibility index (Phi) is 6.54. The molecule has 248 valence electrons. The molecule has 0 amide bonds. The number of nitrogens with zero attached hydrogens (tertiary/aromatic N) is 4. The molecule has 0 saturated carbocycles. The molecule has 11 aromatic rings. The number of furan rings is 1. The van der Waals surface area contributed by atoms with E-state index in [0.29, 0.717) is 22.5 Å². The minimum atomic E-state index is 0.560. The van der Waals surface area contributed by atoms with E-state index in [-0.39, 0.29) is 0 Å². The zero-order valence-corrected chi connectivity index (χ0v) is 28.9. The van der Waals surface area contributed by atoms with Crippen molar-refractivity contribution in [2.75, 3.05) is 0 Å². The molecule has 0 bridgehead atoms. The maximum Gasteiger partial charge on any atom is 0.166 e. The Morgan fingerprint density at radius 2 is 1.13 bits per heavy atom. The molecule has 3 aromatic heterocycles. The van der Waals surface area contributed by atoms with Crippen molar-refractivity contribution < 1.29 is 4.42 Å². The fraction of sp³-hybridized carbons (Fsp3) is 0. The summed E-state index contributed by atoms with van der Waals surface area (Å²) in [5.41, 5.74) is 7.43. The minimum Gasteiger partial charge on any atom is -0.456 e. The van der Waals surface area contributed by atoms with Gasteiger partial charge >= 0.3 is 0 Å². The average molecular weight is 699 g/mol. The minimum absolute atomic E-state index is 0.560. The van der Waals surface area contributed by atoms with Crippen molar-refractivity contribution in [2.45, 2.75) is 0 Å². The molecule has 11 rings (SSSR count). The summed E-state index contributed by atoms with van der Waals surface area (Å²) < 4.78 is 8.80. The second kappa shape index (κ2) is 11.6. The number of hydrogen-bond donors (Lipinski definition) is 0. The zero-order chi connectivity index (χ0) is 35.0. The molecule has 3 heterocycles. The van der Waals surface area contributed by atoms with Crippen LogP contribution in [-0.4, -0.2) is 19.5 Å². The van der Waals surface area contributed by atoms with Crippen LogP contribution in [0.4, 0.5) is 0 Å². The topological polar surface area (TPSA) is 56.7 Å². The molecule has 0 spiro atoms.